The predicted molar refractivity (Wildman–Crippen MR) is 93.2 cm³/mol. The minimum Gasteiger partial charge on any atom is -0.494 e. The summed E-state index contributed by atoms with van der Waals surface area (Å²) < 4.78 is 5.33. The Hall–Kier alpha value is -3.59. The van der Waals surface area contributed by atoms with E-state index in [2.05, 4.69) is 5.32 Å². The molecule has 0 fully saturated rings. The van der Waals surface area contributed by atoms with Crippen molar-refractivity contribution in [3.8, 4) is 11.8 Å². The Bertz CT molecular complexity index is 848. The van der Waals surface area contributed by atoms with Crippen LogP contribution in [-0.2, 0) is 4.79 Å². The summed E-state index contributed by atoms with van der Waals surface area (Å²) in [6, 6.07) is 14.7. The summed E-state index contributed by atoms with van der Waals surface area (Å²) in [6.07, 6.45) is 1.43. The first kappa shape index (κ1) is 17.8. The number of nitrogens with zero attached hydrogens (tertiary/aromatic N) is 1. The number of hydrogen-bond donors (Lipinski definition) is 2. The van der Waals surface area contributed by atoms with Crippen molar-refractivity contribution in [2.24, 2.45) is 0 Å². The molecule has 0 aliphatic carbocycles. The molecule has 2 aromatic carbocycles. The number of amides is 1. The van der Waals surface area contributed by atoms with Gasteiger partial charge in [0.15, 0.2) is 0 Å². The largest absolute Gasteiger partial charge is 0.494 e. The zero-order valence-electron chi connectivity index (χ0n) is 13.5. The lowest BCUT2D eigenvalue weighted by molar-refractivity contribution is -0.112. The summed E-state index contributed by atoms with van der Waals surface area (Å²) in [6.45, 7) is 2.42. The summed E-state index contributed by atoms with van der Waals surface area (Å²) in [4.78, 5) is 23.4. The molecule has 6 nitrogen and oxygen atoms in total. The van der Waals surface area contributed by atoms with E-state index in [4.69, 9.17) is 9.84 Å². The summed E-state index contributed by atoms with van der Waals surface area (Å²) in [5, 5.41) is 20.8. The smallest absolute Gasteiger partial charge is 0.337 e. The number of carboxylic acids is 1. The molecule has 25 heavy (non-hydrogen) atoms. The van der Waals surface area contributed by atoms with E-state index in [-0.39, 0.29) is 16.8 Å². The van der Waals surface area contributed by atoms with Crippen molar-refractivity contribution in [1.82, 2.24) is 0 Å². The number of nitrogens with one attached hydrogen (secondary N) is 1. The lowest BCUT2D eigenvalue weighted by Crippen LogP contribution is -2.16. The first-order valence-corrected chi connectivity index (χ1v) is 7.53. The third-order valence-corrected chi connectivity index (χ3v) is 3.27. The Morgan fingerprint density at radius 3 is 2.48 bits per heavy atom. The van der Waals surface area contributed by atoms with E-state index < -0.39 is 11.9 Å². The molecule has 2 N–H and O–H groups in total. The maximum absolute atomic E-state index is 12.3. The summed E-state index contributed by atoms with van der Waals surface area (Å²) >= 11 is 0. The minimum atomic E-state index is -1.16. The van der Waals surface area contributed by atoms with E-state index in [1.54, 1.807) is 36.4 Å². The quantitative estimate of drug-likeness (QED) is 0.622. The number of para-hydroxylation sites is 1. The second-order valence-electron chi connectivity index (χ2n) is 4.98. The van der Waals surface area contributed by atoms with E-state index in [1.807, 2.05) is 13.0 Å². The monoisotopic (exact) mass is 336 g/mol. The number of aromatic carboxylic acids is 1. The topological polar surface area (TPSA) is 99.4 Å². The van der Waals surface area contributed by atoms with Crippen LogP contribution in [0.1, 0.15) is 22.8 Å². The number of anilines is 1. The standard InChI is InChI=1S/C19H16N2O4/c1-2-25-15-9-7-13(8-10-15)11-14(12-20)18(22)21-17-6-4-3-5-16(17)19(23)24/h3-11H,2H2,1H3,(H,21,22)(H,23,24)/b14-11+. The molecular weight excluding hydrogens is 320 g/mol. The number of nitriles is 1. The zero-order chi connectivity index (χ0) is 18.2. The highest BCUT2D eigenvalue weighted by molar-refractivity contribution is 6.11. The van der Waals surface area contributed by atoms with Gasteiger partial charge in [-0.15, -0.1) is 0 Å². The molecule has 0 unspecified atom stereocenters. The van der Waals surface area contributed by atoms with E-state index in [1.165, 1.54) is 18.2 Å². The second kappa shape index (κ2) is 8.31. The molecule has 1 amide bonds. The number of benzene rings is 2. The highest BCUT2D eigenvalue weighted by atomic mass is 16.5. The third-order valence-electron chi connectivity index (χ3n) is 3.27. The molecule has 0 aromatic heterocycles. The van der Waals surface area contributed by atoms with Crippen molar-refractivity contribution in [1.29, 1.82) is 5.26 Å². The molecule has 2 rings (SSSR count). The van der Waals surface area contributed by atoms with E-state index in [0.717, 1.165) is 0 Å². The van der Waals surface area contributed by atoms with Crippen LogP contribution in [0.15, 0.2) is 54.1 Å². The van der Waals surface area contributed by atoms with Crippen LogP contribution in [0.3, 0.4) is 0 Å². The van der Waals surface area contributed by atoms with Gasteiger partial charge in [0.05, 0.1) is 17.9 Å². The molecule has 126 valence electrons. The molecule has 2 aromatic rings. The fraction of sp³-hybridized carbons (Fsp3) is 0.105. The number of carboxylic acid groups (broad SMARTS) is 1. The van der Waals surface area contributed by atoms with Gasteiger partial charge in [-0.25, -0.2) is 4.79 Å². The lowest BCUT2D eigenvalue weighted by Gasteiger charge is -2.07. The van der Waals surface area contributed by atoms with Gasteiger partial charge in [-0.2, -0.15) is 5.26 Å². The molecule has 0 aliphatic heterocycles. The van der Waals surface area contributed by atoms with Crippen LogP contribution in [0.4, 0.5) is 5.69 Å². The van der Waals surface area contributed by atoms with Gasteiger partial charge in [0.1, 0.15) is 17.4 Å². The predicted octanol–water partition coefficient (Wildman–Crippen LogP) is 3.33. The average molecular weight is 336 g/mol. The zero-order valence-corrected chi connectivity index (χ0v) is 13.5. The van der Waals surface area contributed by atoms with Crippen LogP contribution in [0.5, 0.6) is 5.75 Å². The first-order valence-electron chi connectivity index (χ1n) is 7.53. The van der Waals surface area contributed by atoms with Crippen LogP contribution in [0.25, 0.3) is 6.08 Å². The number of carbonyl (C=O) groups excluding carboxylic acids is 1. The Morgan fingerprint density at radius 2 is 1.88 bits per heavy atom. The number of hydrogen-bond acceptors (Lipinski definition) is 4. The molecule has 0 heterocycles. The third kappa shape index (κ3) is 4.69. The van der Waals surface area contributed by atoms with Gasteiger partial charge >= 0.3 is 5.97 Å². The molecule has 0 bridgehead atoms. The normalized spacial score (nSPS) is 10.6. The molecule has 0 radical (unpaired) electrons. The molecule has 0 atom stereocenters. The number of rotatable bonds is 6. The molecule has 0 spiro atoms. The van der Waals surface area contributed by atoms with Gasteiger partial charge in [-0.3, -0.25) is 4.79 Å². The molecule has 0 saturated carbocycles. The number of ether oxygens (including phenoxy) is 1. The van der Waals surface area contributed by atoms with Crippen LogP contribution >= 0.6 is 0 Å². The summed E-state index contributed by atoms with van der Waals surface area (Å²) in [5.74, 6) is -1.15. The molecule has 6 heteroatoms. The van der Waals surface area contributed by atoms with E-state index >= 15 is 0 Å². The van der Waals surface area contributed by atoms with Gasteiger partial charge in [0.2, 0.25) is 0 Å². The van der Waals surface area contributed by atoms with Crippen molar-refractivity contribution >= 4 is 23.6 Å². The van der Waals surface area contributed by atoms with Gasteiger partial charge in [-0.1, -0.05) is 24.3 Å². The fourth-order valence-electron chi connectivity index (χ4n) is 2.11. The van der Waals surface area contributed by atoms with Crippen molar-refractivity contribution in [2.75, 3.05) is 11.9 Å². The van der Waals surface area contributed by atoms with Gasteiger partial charge in [0, 0.05) is 0 Å². The van der Waals surface area contributed by atoms with E-state index in [0.29, 0.717) is 17.9 Å². The minimum absolute atomic E-state index is 0.0470. The highest BCUT2D eigenvalue weighted by Gasteiger charge is 2.14. The second-order valence-corrected chi connectivity index (χ2v) is 4.98. The van der Waals surface area contributed by atoms with Crippen LogP contribution in [0.2, 0.25) is 0 Å². The SMILES string of the molecule is CCOc1ccc(/C=C(\C#N)C(=O)Nc2ccccc2C(=O)O)cc1. The average Bonchev–Trinajstić information content (AvgIpc) is 2.61. The first-order chi connectivity index (χ1) is 12.0. The van der Waals surface area contributed by atoms with Gasteiger partial charge in [-0.05, 0) is 42.8 Å². The van der Waals surface area contributed by atoms with Gasteiger partial charge in [0.25, 0.3) is 5.91 Å². The maximum atomic E-state index is 12.3. The maximum Gasteiger partial charge on any atom is 0.337 e. The van der Waals surface area contributed by atoms with Crippen molar-refractivity contribution in [2.45, 2.75) is 6.92 Å². The van der Waals surface area contributed by atoms with Crippen molar-refractivity contribution in [3.63, 3.8) is 0 Å². The molecular formula is C19H16N2O4. The van der Waals surface area contributed by atoms with Crippen molar-refractivity contribution in [3.05, 3.63) is 65.2 Å². The van der Waals surface area contributed by atoms with Crippen LogP contribution in [0, 0.1) is 11.3 Å². The summed E-state index contributed by atoms with van der Waals surface area (Å²) in [5.41, 5.74) is 0.605. The Morgan fingerprint density at radius 1 is 1.20 bits per heavy atom. The lowest BCUT2D eigenvalue weighted by atomic mass is 10.1. The fourth-order valence-corrected chi connectivity index (χ4v) is 2.11. The molecule has 0 saturated heterocycles. The van der Waals surface area contributed by atoms with Gasteiger partial charge < -0.3 is 15.2 Å². The Kier molecular flexibility index (Phi) is 5.91. The molecule has 0 aliphatic rings. The summed E-state index contributed by atoms with van der Waals surface area (Å²) in [7, 11) is 0. The van der Waals surface area contributed by atoms with Crippen molar-refractivity contribution < 1.29 is 19.4 Å². The Balaban J connectivity index is 2.21. The number of carbonyl (C=O) groups is 2. The highest BCUT2D eigenvalue weighted by Crippen LogP contribution is 2.18. The Labute approximate surface area is 145 Å². The van der Waals surface area contributed by atoms with Crippen LogP contribution < -0.4 is 10.1 Å². The van der Waals surface area contributed by atoms with Crippen LogP contribution in [-0.4, -0.2) is 23.6 Å². The van der Waals surface area contributed by atoms with E-state index in [9.17, 15) is 14.9 Å².